The number of hydrogen-bond donors (Lipinski definition) is 0. The van der Waals surface area contributed by atoms with Gasteiger partial charge in [-0.2, -0.15) is 0 Å². The van der Waals surface area contributed by atoms with Gasteiger partial charge in [-0.15, -0.1) is 0 Å². The van der Waals surface area contributed by atoms with Gasteiger partial charge in [0.05, 0.1) is 4.90 Å². The highest BCUT2D eigenvalue weighted by atomic mass is 35.7. The maximum absolute atomic E-state index is 10.9. The van der Waals surface area contributed by atoms with E-state index in [1.165, 1.54) is 12.1 Å². The Labute approximate surface area is 90.8 Å². The van der Waals surface area contributed by atoms with E-state index in [0.717, 1.165) is 0 Å². The lowest BCUT2D eigenvalue weighted by Crippen LogP contribution is -1.91. The monoisotopic (exact) mass is 258 g/mol. The normalized spacial score (nSPS) is 11.7. The maximum atomic E-state index is 10.9. The molecular formula is C7H5Cl3O2S. The van der Waals surface area contributed by atoms with Crippen LogP contribution in [-0.2, 0) is 9.05 Å². The van der Waals surface area contributed by atoms with Crippen molar-refractivity contribution < 1.29 is 8.42 Å². The van der Waals surface area contributed by atoms with Crippen molar-refractivity contribution in [2.24, 2.45) is 0 Å². The Morgan fingerprint density at radius 1 is 1.15 bits per heavy atom. The molecule has 1 aromatic rings. The minimum absolute atomic E-state index is 0.0882. The Morgan fingerprint density at radius 2 is 1.54 bits per heavy atom. The van der Waals surface area contributed by atoms with Gasteiger partial charge in [0.1, 0.15) is 0 Å². The Hall–Kier alpha value is 0.0400. The average molecular weight is 260 g/mol. The van der Waals surface area contributed by atoms with Crippen molar-refractivity contribution in [3.05, 3.63) is 27.7 Å². The zero-order valence-electron chi connectivity index (χ0n) is 6.51. The van der Waals surface area contributed by atoms with Crippen LogP contribution in [0.2, 0.25) is 10.0 Å². The molecule has 13 heavy (non-hydrogen) atoms. The number of benzene rings is 1. The summed E-state index contributed by atoms with van der Waals surface area (Å²) in [6.45, 7) is 1.69. The van der Waals surface area contributed by atoms with Crippen LogP contribution in [0.1, 0.15) is 5.56 Å². The van der Waals surface area contributed by atoms with Crippen molar-refractivity contribution >= 4 is 42.9 Å². The first-order valence-corrected chi connectivity index (χ1v) is 6.29. The summed E-state index contributed by atoms with van der Waals surface area (Å²) in [6.07, 6.45) is 0. The molecule has 0 saturated carbocycles. The van der Waals surface area contributed by atoms with Gasteiger partial charge in [0.15, 0.2) is 0 Å². The highest BCUT2D eigenvalue weighted by molar-refractivity contribution is 8.13. The lowest BCUT2D eigenvalue weighted by atomic mass is 10.2. The van der Waals surface area contributed by atoms with Gasteiger partial charge < -0.3 is 0 Å². The predicted octanol–water partition coefficient (Wildman–Crippen LogP) is 3.23. The summed E-state index contributed by atoms with van der Waals surface area (Å²) in [7, 11) is 1.35. The van der Waals surface area contributed by atoms with Gasteiger partial charge in [-0.25, -0.2) is 8.42 Å². The van der Waals surface area contributed by atoms with Crippen LogP contribution in [0.25, 0.3) is 0 Å². The van der Waals surface area contributed by atoms with E-state index in [9.17, 15) is 8.42 Å². The van der Waals surface area contributed by atoms with Crippen molar-refractivity contribution in [1.82, 2.24) is 0 Å². The molecule has 72 valence electrons. The van der Waals surface area contributed by atoms with E-state index in [1.54, 1.807) is 6.92 Å². The number of halogens is 3. The van der Waals surface area contributed by atoms with Crippen LogP contribution < -0.4 is 0 Å². The molecule has 0 radical (unpaired) electrons. The van der Waals surface area contributed by atoms with E-state index < -0.39 is 9.05 Å². The molecule has 0 atom stereocenters. The van der Waals surface area contributed by atoms with E-state index in [4.69, 9.17) is 33.9 Å². The van der Waals surface area contributed by atoms with Gasteiger partial charge in [0, 0.05) is 20.7 Å². The molecule has 1 rings (SSSR count). The van der Waals surface area contributed by atoms with Crippen LogP contribution in [0, 0.1) is 6.92 Å². The molecule has 0 amide bonds. The third-order valence-electron chi connectivity index (χ3n) is 1.54. The Morgan fingerprint density at radius 3 is 1.85 bits per heavy atom. The maximum Gasteiger partial charge on any atom is 0.261 e. The Kier molecular flexibility index (Phi) is 3.12. The molecule has 2 nitrogen and oxygen atoms in total. The van der Waals surface area contributed by atoms with E-state index in [1.807, 2.05) is 0 Å². The second-order valence-electron chi connectivity index (χ2n) is 2.45. The van der Waals surface area contributed by atoms with E-state index in [2.05, 4.69) is 0 Å². The summed E-state index contributed by atoms with van der Waals surface area (Å²) in [4.78, 5) is -0.0882. The van der Waals surface area contributed by atoms with Gasteiger partial charge in [-0.3, -0.25) is 0 Å². The molecule has 0 aromatic heterocycles. The van der Waals surface area contributed by atoms with E-state index in [0.29, 0.717) is 5.56 Å². The molecule has 0 saturated heterocycles. The van der Waals surface area contributed by atoms with Gasteiger partial charge in [-0.05, 0) is 24.6 Å². The SMILES string of the molecule is Cc1c(Cl)cc(S(=O)(=O)Cl)cc1Cl. The van der Waals surface area contributed by atoms with Gasteiger partial charge in [-0.1, -0.05) is 23.2 Å². The molecule has 0 spiro atoms. The van der Waals surface area contributed by atoms with Crippen LogP contribution in [0.15, 0.2) is 17.0 Å². The van der Waals surface area contributed by atoms with E-state index >= 15 is 0 Å². The predicted molar refractivity (Wildman–Crippen MR) is 54.2 cm³/mol. The molecule has 0 aliphatic carbocycles. The molecule has 0 bridgehead atoms. The number of rotatable bonds is 1. The highest BCUT2D eigenvalue weighted by Gasteiger charge is 2.13. The molecule has 0 N–H and O–H groups in total. The minimum Gasteiger partial charge on any atom is -0.207 e. The van der Waals surface area contributed by atoms with Crippen molar-refractivity contribution in [2.75, 3.05) is 0 Å². The fraction of sp³-hybridized carbons (Fsp3) is 0.143. The minimum atomic E-state index is -3.76. The quantitative estimate of drug-likeness (QED) is 0.726. The summed E-state index contributed by atoms with van der Waals surface area (Å²) in [5.74, 6) is 0. The molecule has 0 fully saturated rings. The summed E-state index contributed by atoms with van der Waals surface area (Å²) >= 11 is 11.4. The standard InChI is InChI=1S/C7H5Cl3O2S/c1-4-6(8)2-5(3-7(4)9)13(10,11)12/h2-3H,1H3. The van der Waals surface area contributed by atoms with Crippen molar-refractivity contribution in [3.8, 4) is 0 Å². The highest BCUT2D eigenvalue weighted by Crippen LogP contribution is 2.28. The van der Waals surface area contributed by atoms with Crippen LogP contribution in [0.5, 0.6) is 0 Å². The lowest BCUT2D eigenvalue weighted by molar-refractivity contribution is 0.609. The Balaban J connectivity index is 3.47. The van der Waals surface area contributed by atoms with Crippen LogP contribution >= 0.6 is 33.9 Å². The fourth-order valence-electron chi connectivity index (χ4n) is 0.763. The van der Waals surface area contributed by atoms with Gasteiger partial charge >= 0.3 is 0 Å². The van der Waals surface area contributed by atoms with E-state index in [-0.39, 0.29) is 14.9 Å². The first kappa shape index (κ1) is 11.1. The van der Waals surface area contributed by atoms with Crippen molar-refractivity contribution in [2.45, 2.75) is 11.8 Å². The first-order chi connectivity index (χ1) is 5.82. The zero-order valence-corrected chi connectivity index (χ0v) is 9.60. The smallest absolute Gasteiger partial charge is 0.207 e. The molecule has 0 aliphatic rings. The third kappa shape index (κ3) is 2.50. The summed E-state index contributed by atoms with van der Waals surface area (Å²) < 4.78 is 21.8. The first-order valence-electron chi connectivity index (χ1n) is 3.22. The second-order valence-corrected chi connectivity index (χ2v) is 5.83. The molecule has 6 heteroatoms. The largest absolute Gasteiger partial charge is 0.261 e. The van der Waals surface area contributed by atoms with Crippen molar-refractivity contribution in [3.63, 3.8) is 0 Å². The van der Waals surface area contributed by atoms with Crippen LogP contribution in [0.4, 0.5) is 0 Å². The number of hydrogen-bond acceptors (Lipinski definition) is 2. The summed E-state index contributed by atoms with van der Waals surface area (Å²) in [5, 5.41) is 0.568. The van der Waals surface area contributed by atoms with Gasteiger partial charge in [0.25, 0.3) is 9.05 Å². The fourth-order valence-corrected chi connectivity index (χ4v) is 2.16. The lowest BCUT2D eigenvalue weighted by Gasteiger charge is -2.03. The molecule has 0 unspecified atom stereocenters. The van der Waals surface area contributed by atoms with Crippen molar-refractivity contribution in [1.29, 1.82) is 0 Å². The molecule has 0 heterocycles. The molecule has 0 aliphatic heterocycles. The third-order valence-corrected chi connectivity index (χ3v) is 3.65. The molecular weight excluding hydrogens is 255 g/mol. The Bertz CT molecular complexity index is 416. The topological polar surface area (TPSA) is 34.1 Å². The van der Waals surface area contributed by atoms with Gasteiger partial charge in [0.2, 0.25) is 0 Å². The van der Waals surface area contributed by atoms with Crippen LogP contribution in [0.3, 0.4) is 0 Å². The average Bonchev–Trinajstić information content (AvgIpc) is 1.97. The summed E-state index contributed by atoms with van der Waals surface area (Å²) in [6, 6.07) is 2.54. The zero-order chi connectivity index (χ0) is 10.2. The second kappa shape index (κ2) is 3.65. The molecule has 1 aromatic carbocycles. The summed E-state index contributed by atoms with van der Waals surface area (Å²) in [5.41, 5.74) is 0.632. The van der Waals surface area contributed by atoms with Crippen LogP contribution in [-0.4, -0.2) is 8.42 Å².